The number of halogens is 1. The van der Waals surface area contributed by atoms with Crippen molar-refractivity contribution in [3.05, 3.63) is 45.8 Å². The molecule has 1 heterocycles. The largest absolute Gasteiger partial charge is 0.488 e. The number of ether oxygens (including phenoxy) is 1. The topological polar surface area (TPSA) is 46.6 Å². The van der Waals surface area contributed by atoms with E-state index in [1.807, 2.05) is 32.0 Å². The maximum atomic E-state index is 12.4. The third-order valence-electron chi connectivity index (χ3n) is 3.47. The van der Waals surface area contributed by atoms with Gasteiger partial charge in [-0.2, -0.15) is 0 Å². The highest BCUT2D eigenvalue weighted by Gasteiger charge is 2.37. The second kappa shape index (κ2) is 7.84. The van der Waals surface area contributed by atoms with Crippen LogP contribution < -0.4 is 4.74 Å². The molecule has 1 aromatic carbocycles. The van der Waals surface area contributed by atoms with Crippen LogP contribution in [0, 0.1) is 0 Å². The summed E-state index contributed by atoms with van der Waals surface area (Å²) >= 11 is 4.43. The van der Waals surface area contributed by atoms with E-state index in [9.17, 15) is 9.59 Å². The molecule has 1 saturated heterocycles. The summed E-state index contributed by atoms with van der Waals surface area (Å²) in [5, 5.41) is -0.208. The Labute approximate surface area is 148 Å². The highest BCUT2D eigenvalue weighted by Crippen LogP contribution is 2.35. The van der Waals surface area contributed by atoms with Crippen LogP contribution in [0.15, 0.2) is 40.2 Å². The van der Waals surface area contributed by atoms with Crippen LogP contribution in [0.2, 0.25) is 0 Å². The van der Waals surface area contributed by atoms with Gasteiger partial charge in [0, 0.05) is 6.04 Å². The Hall–Kier alpha value is -1.53. The highest BCUT2D eigenvalue weighted by atomic mass is 79.9. The molecule has 0 unspecified atom stereocenters. The van der Waals surface area contributed by atoms with Gasteiger partial charge < -0.3 is 4.74 Å². The van der Waals surface area contributed by atoms with Crippen molar-refractivity contribution < 1.29 is 14.3 Å². The Balaban J connectivity index is 2.22. The summed E-state index contributed by atoms with van der Waals surface area (Å²) in [5.74, 6) is 0.479. The average molecular weight is 396 g/mol. The van der Waals surface area contributed by atoms with E-state index in [2.05, 4.69) is 22.5 Å². The Morgan fingerprint density at radius 2 is 2.17 bits per heavy atom. The molecular formula is C17H18BrNO3S. The number of hydrogen-bond donors (Lipinski definition) is 0. The molecule has 0 aromatic heterocycles. The van der Waals surface area contributed by atoms with Gasteiger partial charge >= 0.3 is 0 Å². The van der Waals surface area contributed by atoms with E-state index in [1.54, 1.807) is 12.2 Å². The molecule has 1 aromatic rings. The molecule has 2 amide bonds. The van der Waals surface area contributed by atoms with E-state index >= 15 is 0 Å². The molecule has 0 saturated carbocycles. The van der Waals surface area contributed by atoms with E-state index in [-0.39, 0.29) is 17.2 Å². The van der Waals surface area contributed by atoms with Gasteiger partial charge in [-0.3, -0.25) is 14.5 Å². The summed E-state index contributed by atoms with van der Waals surface area (Å²) in [6.07, 6.45) is 4.15. The summed E-state index contributed by atoms with van der Waals surface area (Å²) in [6, 6.07) is 5.43. The number of carbonyl (C=O) groups excluding carboxylic acids is 2. The molecule has 0 radical (unpaired) electrons. The molecule has 23 heavy (non-hydrogen) atoms. The number of thioether (sulfide) groups is 1. The first-order valence-electron chi connectivity index (χ1n) is 7.28. The van der Waals surface area contributed by atoms with Crippen LogP contribution in [0.25, 0.3) is 6.08 Å². The summed E-state index contributed by atoms with van der Waals surface area (Å²) < 4.78 is 6.28. The van der Waals surface area contributed by atoms with Gasteiger partial charge in [0.25, 0.3) is 11.1 Å². The molecule has 2 rings (SSSR count). The van der Waals surface area contributed by atoms with Crippen LogP contribution in [-0.4, -0.2) is 28.7 Å². The minimum absolute atomic E-state index is 0.0881. The first-order chi connectivity index (χ1) is 11.0. The zero-order valence-corrected chi connectivity index (χ0v) is 15.4. The fourth-order valence-corrected chi connectivity index (χ4v) is 3.51. The average Bonchev–Trinajstić information content (AvgIpc) is 2.80. The number of nitrogens with zero attached hydrogens (tertiary/aromatic N) is 1. The molecule has 6 heteroatoms. The molecule has 1 aliphatic heterocycles. The maximum Gasteiger partial charge on any atom is 0.293 e. The van der Waals surface area contributed by atoms with Gasteiger partial charge in [-0.15, -0.1) is 0 Å². The lowest BCUT2D eigenvalue weighted by Crippen LogP contribution is -2.36. The summed E-state index contributed by atoms with van der Waals surface area (Å²) in [5.41, 5.74) is 0.831. The van der Waals surface area contributed by atoms with Gasteiger partial charge in [0.2, 0.25) is 0 Å². The van der Waals surface area contributed by atoms with Gasteiger partial charge in [0.05, 0.1) is 9.38 Å². The fraction of sp³-hybridized carbons (Fsp3) is 0.294. The Bertz CT molecular complexity index is 672. The first kappa shape index (κ1) is 17.8. The van der Waals surface area contributed by atoms with Crippen molar-refractivity contribution >= 4 is 44.9 Å². The third kappa shape index (κ3) is 4.06. The Kier molecular flexibility index (Phi) is 6.07. The second-order valence-electron chi connectivity index (χ2n) is 5.10. The molecule has 0 aliphatic carbocycles. The van der Waals surface area contributed by atoms with Gasteiger partial charge in [-0.25, -0.2) is 0 Å². The van der Waals surface area contributed by atoms with Crippen molar-refractivity contribution in [2.45, 2.75) is 26.3 Å². The number of benzene rings is 1. The highest BCUT2D eigenvalue weighted by molar-refractivity contribution is 9.10. The zero-order valence-electron chi connectivity index (χ0n) is 13.0. The summed E-state index contributed by atoms with van der Waals surface area (Å²) in [4.78, 5) is 26.2. The van der Waals surface area contributed by atoms with Crippen molar-refractivity contribution in [1.29, 1.82) is 0 Å². The summed E-state index contributed by atoms with van der Waals surface area (Å²) in [7, 11) is 0. The van der Waals surface area contributed by atoms with E-state index in [0.29, 0.717) is 17.3 Å². The second-order valence-corrected chi connectivity index (χ2v) is 6.95. The first-order valence-corrected chi connectivity index (χ1v) is 8.89. The fourth-order valence-electron chi connectivity index (χ4n) is 2.07. The lowest BCUT2D eigenvalue weighted by molar-refractivity contribution is -0.124. The SMILES string of the molecule is C=CCOc1ccc(/C=C2/SC(=O)N([C@H](C)CC)C2=O)cc1Br. The van der Waals surface area contributed by atoms with Crippen LogP contribution in [0.3, 0.4) is 0 Å². The Morgan fingerprint density at radius 1 is 1.43 bits per heavy atom. The zero-order chi connectivity index (χ0) is 17.0. The van der Waals surface area contributed by atoms with Crippen LogP contribution >= 0.6 is 27.7 Å². The van der Waals surface area contributed by atoms with Crippen LogP contribution in [-0.2, 0) is 4.79 Å². The van der Waals surface area contributed by atoms with Crippen molar-refractivity contribution in [3.63, 3.8) is 0 Å². The number of hydrogen-bond acceptors (Lipinski definition) is 4. The minimum Gasteiger partial charge on any atom is -0.488 e. The van der Waals surface area contributed by atoms with Crippen molar-refractivity contribution in [1.82, 2.24) is 4.90 Å². The standard InChI is InChI=1S/C17H18BrNO3S/c1-4-8-22-14-7-6-12(9-13(14)18)10-15-16(20)19(11(3)5-2)17(21)23-15/h4,6-7,9-11H,1,5,8H2,2-3H3/b15-10+/t11-/m1/s1. The van der Waals surface area contributed by atoms with E-state index in [1.165, 1.54) is 4.90 Å². The number of rotatable bonds is 6. The normalized spacial score (nSPS) is 17.7. The van der Waals surface area contributed by atoms with Crippen molar-refractivity contribution in [3.8, 4) is 5.75 Å². The van der Waals surface area contributed by atoms with Gasteiger partial charge in [-0.1, -0.05) is 25.6 Å². The maximum absolute atomic E-state index is 12.4. The minimum atomic E-state index is -0.225. The number of carbonyl (C=O) groups is 2. The van der Waals surface area contributed by atoms with E-state index in [0.717, 1.165) is 28.2 Å². The van der Waals surface area contributed by atoms with Gasteiger partial charge in [0.1, 0.15) is 12.4 Å². The van der Waals surface area contributed by atoms with Crippen LogP contribution in [0.5, 0.6) is 5.75 Å². The molecule has 0 spiro atoms. The number of amides is 2. The van der Waals surface area contributed by atoms with Crippen molar-refractivity contribution in [2.24, 2.45) is 0 Å². The van der Waals surface area contributed by atoms with Gasteiger partial charge in [-0.05, 0) is 64.8 Å². The monoisotopic (exact) mass is 395 g/mol. The molecule has 1 fully saturated rings. The molecular weight excluding hydrogens is 378 g/mol. The van der Waals surface area contributed by atoms with Crippen LogP contribution in [0.4, 0.5) is 4.79 Å². The molecule has 4 nitrogen and oxygen atoms in total. The van der Waals surface area contributed by atoms with Gasteiger partial charge in [0.15, 0.2) is 0 Å². The Morgan fingerprint density at radius 3 is 2.78 bits per heavy atom. The van der Waals surface area contributed by atoms with E-state index in [4.69, 9.17) is 4.74 Å². The lowest BCUT2D eigenvalue weighted by Gasteiger charge is -2.19. The van der Waals surface area contributed by atoms with E-state index < -0.39 is 0 Å². The quantitative estimate of drug-likeness (QED) is 0.510. The smallest absolute Gasteiger partial charge is 0.293 e. The predicted molar refractivity (Wildman–Crippen MR) is 97.4 cm³/mol. The molecule has 1 aliphatic rings. The molecule has 0 N–H and O–H groups in total. The number of imide groups is 1. The predicted octanol–water partition coefficient (Wildman–Crippen LogP) is 4.85. The molecule has 0 bridgehead atoms. The third-order valence-corrected chi connectivity index (χ3v) is 4.97. The van der Waals surface area contributed by atoms with Crippen LogP contribution in [0.1, 0.15) is 25.8 Å². The lowest BCUT2D eigenvalue weighted by atomic mass is 10.2. The van der Waals surface area contributed by atoms with Crippen molar-refractivity contribution in [2.75, 3.05) is 6.61 Å². The summed E-state index contributed by atoms with van der Waals surface area (Å²) in [6.45, 7) is 7.86. The molecule has 1 atom stereocenters. The molecule has 122 valence electrons.